The summed E-state index contributed by atoms with van der Waals surface area (Å²) >= 11 is 0. The lowest BCUT2D eigenvalue weighted by Gasteiger charge is -2.27. The molecule has 1 atom stereocenters. The molecule has 6 nitrogen and oxygen atoms in total. The van der Waals surface area contributed by atoms with E-state index in [9.17, 15) is 14.7 Å². The number of esters is 2. The number of aromatic hydroxyl groups is 1. The van der Waals surface area contributed by atoms with Gasteiger partial charge in [0.15, 0.2) is 0 Å². The van der Waals surface area contributed by atoms with Gasteiger partial charge < -0.3 is 19.3 Å². The van der Waals surface area contributed by atoms with Crippen molar-refractivity contribution in [2.24, 2.45) is 0 Å². The van der Waals surface area contributed by atoms with Gasteiger partial charge in [0, 0.05) is 5.56 Å². The number of hydrogen-bond acceptors (Lipinski definition) is 6. The van der Waals surface area contributed by atoms with Crippen LogP contribution >= 0.6 is 0 Å². The third kappa shape index (κ3) is 4.42. The van der Waals surface area contributed by atoms with Gasteiger partial charge in [-0.15, -0.1) is 0 Å². The largest absolute Gasteiger partial charge is 0.508 e. The fraction of sp³-hybridized carbons (Fsp3) is 0.200. The molecule has 0 spiro atoms. The number of carbonyl (C=O) groups is 2. The normalized spacial score (nSPS) is 12.5. The van der Waals surface area contributed by atoms with Gasteiger partial charge in [-0.2, -0.15) is 0 Å². The SMILES string of the molecule is C=COc1ccc(CC(=O)OC(C)(C(=O)OC)c2ccc(O)cc2)cc1. The lowest BCUT2D eigenvalue weighted by molar-refractivity contribution is -0.180. The first-order valence-electron chi connectivity index (χ1n) is 7.85. The molecule has 0 aliphatic rings. The molecule has 0 fully saturated rings. The van der Waals surface area contributed by atoms with Crippen LogP contribution in [0, 0.1) is 0 Å². The second-order valence-electron chi connectivity index (χ2n) is 5.65. The second kappa shape index (κ2) is 8.20. The predicted molar refractivity (Wildman–Crippen MR) is 94.5 cm³/mol. The first kappa shape index (κ1) is 19.1. The summed E-state index contributed by atoms with van der Waals surface area (Å²) in [7, 11) is 1.22. The molecule has 0 heterocycles. The van der Waals surface area contributed by atoms with E-state index in [0.717, 1.165) is 0 Å². The van der Waals surface area contributed by atoms with Crippen LogP contribution in [0.1, 0.15) is 18.1 Å². The standard InChI is InChI=1S/C20H20O6/c1-4-25-17-11-5-14(6-12-17)13-18(22)26-20(2,19(23)24-3)15-7-9-16(21)10-8-15/h4-12,21H,1,13H2,2-3H3. The summed E-state index contributed by atoms with van der Waals surface area (Å²) in [5.74, 6) is -0.677. The fourth-order valence-electron chi connectivity index (χ4n) is 2.41. The zero-order chi connectivity index (χ0) is 19.2. The van der Waals surface area contributed by atoms with E-state index in [4.69, 9.17) is 14.2 Å². The molecular weight excluding hydrogens is 336 g/mol. The van der Waals surface area contributed by atoms with E-state index in [1.807, 2.05) is 0 Å². The summed E-state index contributed by atoms with van der Waals surface area (Å²) in [5.41, 5.74) is -0.527. The third-order valence-electron chi connectivity index (χ3n) is 3.80. The van der Waals surface area contributed by atoms with E-state index < -0.39 is 17.5 Å². The van der Waals surface area contributed by atoms with Crippen LogP contribution in [0.2, 0.25) is 0 Å². The van der Waals surface area contributed by atoms with E-state index >= 15 is 0 Å². The monoisotopic (exact) mass is 356 g/mol. The molecule has 26 heavy (non-hydrogen) atoms. The van der Waals surface area contributed by atoms with Gasteiger partial charge in [0.2, 0.25) is 5.60 Å². The molecule has 1 N–H and O–H groups in total. The highest BCUT2D eigenvalue weighted by Crippen LogP contribution is 2.29. The maximum absolute atomic E-state index is 12.4. The van der Waals surface area contributed by atoms with Crippen LogP contribution in [0.3, 0.4) is 0 Å². The molecule has 0 aromatic heterocycles. The average Bonchev–Trinajstić information content (AvgIpc) is 2.63. The number of carbonyl (C=O) groups excluding carboxylic acids is 2. The predicted octanol–water partition coefficient (Wildman–Crippen LogP) is 3.09. The van der Waals surface area contributed by atoms with Gasteiger partial charge in [-0.25, -0.2) is 4.79 Å². The van der Waals surface area contributed by atoms with Gasteiger partial charge in [-0.1, -0.05) is 30.8 Å². The zero-order valence-corrected chi connectivity index (χ0v) is 14.6. The Kier molecular flexibility index (Phi) is 6.01. The summed E-state index contributed by atoms with van der Waals surface area (Å²) in [4.78, 5) is 24.6. The molecule has 6 heteroatoms. The number of ether oxygens (including phenoxy) is 3. The van der Waals surface area contributed by atoms with Crippen LogP contribution in [-0.2, 0) is 31.1 Å². The number of hydrogen-bond donors (Lipinski definition) is 1. The lowest BCUT2D eigenvalue weighted by atomic mass is 9.95. The van der Waals surface area contributed by atoms with Crippen molar-refractivity contribution in [3.8, 4) is 11.5 Å². The lowest BCUT2D eigenvalue weighted by Crippen LogP contribution is -2.39. The van der Waals surface area contributed by atoms with Gasteiger partial charge >= 0.3 is 11.9 Å². The Morgan fingerprint density at radius 3 is 2.27 bits per heavy atom. The van der Waals surface area contributed by atoms with Crippen molar-refractivity contribution in [1.29, 1.82) is 0 Å². The molecule has 0 radical (unpaired) electrons. The van der Waals surface area contributed by atoms with Crippen molar-refractivity contribution in [3.05, 3.63) is 72.5 Å². The molecule has 1 unspecified atom stereocenters. The average molecular weight is 356 g/mol. The molecule has 0 amide bonds. The number of benzene rings is 2. The van der Waals surface area contributed by atoms with Gasteiger partial charge in [-0.05, 0) is 36.8 Å². The minimum Gasteiger partial charge on any atom is -0.508 e. The number of phenolic OH excluding ortho intramolecular Hbond substituents is 1. The molecule has 2 rings (SSSR count). The van der Waals surface area contributed by atoms with Crippen LogP contribution in [-0.4, -0.2) is 24.2 Å². The van der Waals surface area contributed by atoms with Gasteiger partial charge in [0.05, 0.1) is 19.8 Å². The Labute approximate surface area is 151 Å². The minimum atomic E-state index is -1.62. The Morgan fingerprint density at radius 2 is 1.73 bits per heavy atom. The van der Waals surface area contributed by atoms with Crippen molar-refractivity contribution in [3.63, 3.8) is 0 Å². The van der Waals surface area contributed by atoms with Gasteiger partial charge in [-0.3, -0.25) is 4.79 Å². The highest BCUT2D eigenvalue weighted by atomic mass is 16.6. The minimum absolute atomic E-state index is 0.0287. The first-order chi connectivity index (χ1) is 12.4. The van der Waals surface area contributed by atoms with Gasteiger partial charge in [0.25, 0.3) is 0 Å². The summed E-state index contributed by atoms with van der Waals surface area (Å²) in [6.07, 6.45) is 1.28. The summed E-state index contributed by atoms with van der Waals surface area (Å²) in [5, 5.41) is 9.42. The Bertz CT molecular complexity index is 779. The van der Waals surface area contributed by atoms with Crippen LogP contribution in [0.4, 0.5) is 0 Å². The molecule has 136 valence electrons. The van der Waals surface area contributed by atoms with E-state index in [2.05, 4.69) is 6.58 Å². The summed E-state index contributed by atoms with van der Waals surface area (Å²) in [6, 6.07) is 12.6. The van der Waals surface area contributed by atoms with Crippen molar-refractivity contribution in [2.45, 2.75) is 18.9 Å². The topological polar surface area (TPSA) is 82.1 Å². The number of rotatable bonds is 7. The van der Waals surface area contributed by atoms with Crippen LogP contribution in [0.25, 0.3) is 0 Å². The van der Waals surface area contributed by atoms with E-state index in [1.54, 1.807) is 24.3 Å². The zero-order valence-electron chi connectivity index (χ0n) is 14.6. The summed E-state index contributed by atoms with van der Waals surface area (Å²) < 4.78 is 15.4. The number of phenols is 1. The fourth-order valence-corrected chi connectivity index (χ4v) is 2.41. The van der Waals surface area contributed by atoms with Crippen molar-refractivity contribution in [1.82, 2.24) is 0 Å². The van der Waals surface area contributed by atoms with Crippen LogP contribution < -0.4 is 4.74 Å². The molecule has 2 aromatic rings. The Morgan fingerprint density at radius 1 is 1.12 bits per heavy atom. The van der Waals surface area contributed by atoms with Crippen molar-refractivity contribution >= 4 is 11.9 Å². The smallest absolute Gasteiger partial charge is 0.354 e. The van der Waals surface area contributed by atoms with Crippen LogP contribution in [0.5, 0.6) is 11.5 Å². The summed E-state index contributed by atoms with van der Waals surface area (Å²) in [6.45, 7) is 4.92. The van der Waals surface area contributed by atoms with E-state index in [1.165, 1.54) is 44.6 Å². The second-order valence-corrected chi connectivity index (χ2v) is 5.65. The molecule has 0 bridgehead atoms. The third-order valence-corrected chi connectivity index (χ3v) is 3.80. The maximum atomic E-state index is 12.4. The van der Waals surface area contributed by atoms with Crippen LogP contribution in [0.15, 0.2) is 61.4 Å². The Balaban J connectivity index is 2.17. The van der Waals surface area contributed by atoms with Crippen molar-refractivity contribution in [2.75, 3.05) is 7.11 Å². The van der Waals surface area contributed by atoms with Gasteiger partial charge in [0.1, 0.15) is 11.5 Å². The first-order valence-corrected chi connectivity index (χ1v) is 7.85. The molecule has 0 saturated heterocycles. The molecular formula is C20H20O6. The van der Waals surface area contributed by atoms with E-state index in [-0.39, 0.29) is 12.2 Å². The Hall–Kier alpha value is -3.28. The molecule has 0 aliphatic heterocycles. The molecule has 0 aliphatic carbocycles. The highest BCUT2D eigenvalue weighted by Gasteiger charge is 2.40. The molecule has 0 saturated carbocycles. The number of methoxy groups -OCH3 is 1. The van der Waals surface area contributed by atoms with Crippen molar-refractivity contribution < 1.29 is 28.9 Å². The highest BCUT2D eigenvalue weighted by molar-refractivity contribution is 5.85. The molecule has 2 aromatic carbocycles. The quantitative estimate of drug-likeness (QED) is 0.606. The maximum Gasteiger partial charge on any atom is 0.354 e. The van der Waals surface area contributed by atoms with E-state index in [0.29, 0.717) is 16.9 Å².